The summed E-state index contributed by atoms with van der Waals surface area (Å²) >= 11 is 0. The molecule has 2 N–H and O–H groups in total. The minimum atomic E-state index is -0.336. The Hall–Kier alpha value is -4.41. The van der Waals surface area contributed by atoms with Crippen molar-refractivity contribution in [3.05, 3.63) is 90.3 Å². The Kier molecular flexibility index (Phi) is 5.09. The normalized spacial score (nSPS) is 21.3. The van der Waals surface area contributed by atoms with E-state index < -0.39 is 0 Å². The lowest BCUT2D eigenvalue weighted by atomic mass is 10.1. The molecule has 3 aliphatic rings. The molecule has 0 saturated carbocycles. The molecule has 0 aliphatic carbocycles. The van der Waals surface area contributed by atoms with Crippen LogP contribution in [0.25, 0.3) is 5.70 Å². The Morgan fingerprint density at radius 2 is 1.77 bits per heavy atom. The molecule has 1 unspecified atom stereocenters. The van der Waals surface area contributed by atoms with E-state index in [0.717, 1.165) is 24.3 Å². The summed E-state index contributed by atoms with van der Waals surface area (Å²) in [6.07, 6.45) is 8.47. The molecule has 1 amide bonds. The van der Waals surface area contributed by atoms with Crippen LogP contribution in [0.15, 0.2) is 92.9 Å². The molecule has 3 aliphatic heterocycles. The van der Waals surface area contributed by atoms with E-state index in [1.54, 1.807) is 43.2 Å². The minimum absolute atomic E-state index is 0.0241. The van der Waals surface area contributed by atoms with Crippen molar-refractivity contribution in [3.63, 3.8) is 0 Å². The van der Waals surface area contributed by atoms with Crippen molar-refractivity contribution in [2.75, 3.05) is 31.1 Å². The summed E-state index contributed by atoms with van der Waals surface area (Å²) in [6.45, 7) is 2.92. The number of amidine groups is 2. The smallest absolute Gasteiger partial charge is 0.300 e. The number of benzene rings is 1. The number of fused-ring (bicyclic) bond motifs is 1. The third-order valence-electron chi connectivity index (χ3n) is 6.25. The topological polar surface area (TPSA) is 113 Å². The van der Waals surface area contributed by atoms with Gasteiger partial charge in [-0.25, -0.2) is 4.99 Å². The lowest BCUT2D eigenvalue weighted by molar-refractivity contribution is -0.802. The zero-order valence-electron chi connectivity index (χ0n) is 18.9. The molecule has 1 saturated heterocycles. The lowest BCUT2D eigenvalue weighted by Crippen LogP contribution is -2.50. The fraction of sp³-hybridized carbons (Fsp3) is 0.160. The van der Waals surface area contributed by atoms with Crippen molar-refractivity contribution in [1.29, 1.82) is 0 Å². The van der Waals surface area contributed by atoms with E-state index >= 15 is 0 Å². The second kappa shape index (κ2) is 8.42. The molecule has 2 aromatic heterocycles. The summed E-state index contributed by atoms with van der Waals surface area (Å²) in [5.41, 5.74) is 3.26. The number of aromatic nitrogens is 1. The molecule has 6 rings (SSSR count). The molecule has 35 heavy (non-hydrogen) atoms. The zero-order chi connectivity index (χ0) is 23.8. The molecule has 0 radical (unpaired) electrons. The van der Waals surface area contributed by atoms with Crippen LogP contribution in [0.5, 0.6) is 0 Å². The van der Waals surface area contributed by atoms with Gasteiger partial charge in [0.15, 0.2) is 12.0 Å². The predicted octanol–water partition coefficient (Wildman–Crippen LogP) is 2.48. The molecule has 0 bridgehead atoms. The maximum absolute atomic E-state index is 13.1. The van der Waals surface area contributed by atoms with Gasteiger partial charge in [-0.3, -0.25) is 9.78 Å². The van der Waals surface area contributed by atoms with Gasteiger partial charge in [-0.15, -0.1) is 5.84 Å². The lowest BCUT2D eigenvalue weighted by Gasteiger charge is -2.36. The maximum atomic E-state index is 13.1. The van der Waals surface area contributed by atoms with E-state index in [1.807, 2.05) is 41.3 Å². The number of nitrogens with zero attached hydrogens (tertiary/aromatic N) is 7. The number of carbonyl (C=O) groups is 1. The van der Waals surface area contributed by atoms with Gasteiger partial charge in [-0.1, -0.05) is 12.1 Å². The average Bonchev–Trinajstić information content (AvgIpc) is 3.56. The van der Waals surface area contributed by atoms with E-state index in [9.17, 15) is 4.79 Å². The van der Waals surface area contributed by atoms with E-state index in [2.05, 4.69) is 25.0 Å². The maximum Gasteiger partial charge on any atom is 0.300 e. The van der Waals surface area contributed by atoms with E-state index in [0.29, 0.717) is 41.8 Å². The fourth-order valence-electron chi connectivity index (χ4n) is 4.33. The number of hydrogen-bond acceptors (Lipinski definition) is 8. The molecule has 3 aromatic rings. The van der Waals surface area contributed by atoms with Gasteiger partial charge in [0.1, 0.15) is 11.9 Å². The highest BCUT2D eigenvalue weighted by atomic mass is 16.3. The van der Waals surface area contributed by atoms with Gasteiger partial charge in [0.05, 0.1) is 6.26 Å². The number of carbonyl (C=O) groups excluding carboxylic acids is 1. The van der Waals surface area contributed by atoms with Gasteiger partial charge in [0.2, 0.25) is 0 Å². The Morgan fingerprint density at radius 3 is 2.49 bits per heavy atom. The zero-order valence-corrected chi connectivity index (χ0v) is 18.9. The van der Waals surface area contributed by atoms with Crippen LogP contribution in [0, 0.1) is 0 Å². The second-order valence-corrected chi connectivity index (χ2v) is 8.44. The summed E-state index contributed by atoms with van der Waals surface area (Å²) < 4.78 is 5.05. The summed E-state index contributed by atoms with van der Waals surface area (Å²) in [6, 6.07) is 15.0. The quantitative estimate of drug-likeness (QED) is 0.468. The number of quaternary nitrogens is 1. The van der Waals surface area contributed by atoms with E-state index in [4.69, 9.17) is 10.3 Å². The summed E-state index contributed by atoms with van der Waals surface area (Å²) in [5, 5.41) is 4.49. The second-order valence-electron chi connectivity index (χ2n) is 8.44. The highest BCUT2D eigenvalue weighted by Gasteiger charge is 2.40. The van der Waals surface area contributed by atoms with Crippen molar-refractivity contribution >= 4 is 35.2 Å². The average molecular weight is 468 g/mol. The van der Waals surface area contributed by atoms with E-state index in [-0.39, 0.29) is 10.6 Å². The number of rotatable bonds is 4. The molecule has 10 heteroatoms. The Balaban J connectivity index is 1.15. The highest BCUT2D eigenvalue weighted by Crippen LogP contribution is 2.27. The highest BCUT2D eigenvalue weighted by molar-refractivity contribution is 6.32. The largest absolute Gasteiger partial charge is 0.461 e. The molecule has 1 atom stereocenters. The van der Waals surface area contributed by atoms with Gasteiger partial charge in [0, 0.05) is 55.4 Å². The molecule has 1 aromatic carbocycles. The first-order valence-electron chi connectivity index (χ1n) is 11.3. The Morgan fingerprint density at radius 1 is 1.00 bits per heavy atom. The number of hydrogen-bond donors (Lipinski definition) is 1. The molecule has 0 spiro atoms. The van der Waals surface area contributed by atoms with Crippen LogP contribution in [0.4, 0.5) is 5.69 Å². The van der Waals surface area contributed by atoms with Crippen LogP contribution in [-0.2, 0) is 0 Å². The molecular formula is C25H23N8O2+. The number of nitrogens with two attached hydrogens (primary N) is 1. The first-order valence-corrected chi connectivity index (χ1v) is 11.3. The Labute approximate surface area is 201 Å². The van der Waals surface area contributed by atoms with E-state index in [1.165, 1.54) is 0 Å². The van der Waals surface area contributed by atoms with Crippen LogP contribution in [-0.4, -0.2) is 64.6 Å². The van der Waals surface area contributed by atoms with Crippen molar-refractivity contribution in [2.45, 2.75) is 0 Å². The SMILES string of the molecule is N[N+]12C=C(c3ccc(C(=O)N4CCN(c5ccncc5)CC4)cc3)N=CC1=NC(c1ccco1)=N2. The summed E-state index contributed by atoms with van der Waals surface area (Å²) in [7, 11) is 0. The molecule has 1 fully saturated rings. The van der Waals surface area contributed by atoms with Crippen molar-refractivity contribution < 1.29 is 13.9 Å². The van der Waals surface area contributed by atoms with Gasteiger partial charge >= 0.3 is 0 Å². The number of amides is 1. The first-order chi connectivity index (χ1) is 17.1. The summed E-state index contributed by atoms with van der Waals surface area (Å²) in [4.78, 5) is 30.2. The van der Waals surface area contributed by atoms with Crippen molar-refractivity contribution in [3.8, 4) is 0 Å². The number of piperazine rings is 1. The Bertz CT molecular complexity index is 1370. The number of anilines is 1. The molecule has 5 heterocycles. The molecule has 10 nitrogen and oxygen atoms in total. The van der Waals surface area contributed by atoms with Crippen molar-refractivity contribution in [1.82, 2.24) is 9.88 Å². The van der Waals surface area contributed by atoms with Gasteiger partial charge < -0.3 is 14.2 Å². The third-order valence-corrected chi connectivity index (χ3v) is 6.25. The van der Waals surface area contributed by atoms with Gasteiger partial charge in [0.25, 0.3) is 17.6 Å². The van der Waals surface area contributed by atoms with Crippen LogP contribution in [0.3, 0.4) is 0 Å². The fourth-order valence-corrected chi connectivity index (χ4v) is 4.33. The van der Waals surface area contributed by atoms with Gasteiger partial charge in [-0.05, 0) is 46.2 Å². The van der Waals surface area contributed by atoms with Crippen LogP contribution in [0.2, 0.25) is 0 Å². The van der Waals surface area contributed by atoms with Gasteiger partial charge in [-0.2, -0.15) is 4.99 Å². The van der Waals surface area contributed by atoms with Crippen LogP contribution in [0.1, 0.15) is 21.7 Å². The first kappa shape index (κ1) is 21.1. The van der Waals surface area contributed by atoms with Crippen LogP contribution >= 0.6 is 0 Å². The standard InChI is InChI=1S/C25H23N8O2/c26-33-17-21(28-16-23(33)29-24(30-33)22-2-1-15-35-22)18-3-5-19(6-4-18)25(34)32-13-11-31(12-14-32)20-7-9-27-10-8-20/h1-10,15-17H,11-14,26H2/q+1. The number of furan rings is 1. The van der Waals surface area contributed by atoms with Crippen LogP contribution < -0.4 is 10.7 Å². The number of pyridine rings is 1. The van der Waals surface area contributed by atoms with Crippen molar-refractivity contribution in [2.24, 2.45) is 20.9 Å². The minimum Gasteiger partial charge on any atom is -0.461 e. The summed E-state index contributed by atoms with van der Waals surface area (Å²) in [5.74, 6) is 7.94. The third kappa shape index (κ3) is 3.94. The number of aliphatic imine (C=N–C) groups is 2. The predicted molar refractivity (Wildman–Crippen MR) is 132 cm³/mol. The molecule has 174 valence electrons. The monoisotopic (exact) mass is 467 g/mol. The molecular weight excluding hydrogens is 444 g/mol.